The minimum atomic E-state index is -0.962. The van der Waals surface area contributed by atoms with E-state index in [-0.39, 0.29) is 18.3 Å². The van der Waals surface area contributed by atoms with Crippen LogP contribution in [0.1, 0.15) is 22.7 Å². The molecule has 3 rings (SSSR count). The predicted molar refractivity (Wildman–Crippen MR) is 109 cm³/mol. The second kappa shape index (κ2) is 9.44. The summed E-state index contributed by atoms with van der Waals surface area (Å²) in [4.78, 5) is 42.8. The fourth-order valence-corrected chi connectivity index (χ4v) is 4.52. The van der Waals surface area contributed by atoms with Crippen LogP contribution in [0.5, 0.6) is 0 Å². The molecule has 1 aromatic carbocycles. The van der Waals surface area contributed by atoms with Crippen LogP contribution in [0.25, 0.3) is 10.4 Å². The number of aliphatic hydroxyl groups is 1. The van der Waals surface area contributed by atoms with Crippen molar-refractivity contribution in [3.05, 3.63) is 69.1 Å². The highest BCUT2D eigenvalue weighted by atomic mass is 32.2. The summed E-state index contributed by atoms with van der Waals surface area (Å²) in [6.45, 7) is 0.923. The summed E-state index contributed by atoms with van der Waals surface area (Å²) in [5, 5.41) is 14.5. The Labute approximate surface area is 174 Å². The zero-order chi connectivity index (χ0) is 21.7. The highest BCUT2D eigenvalue weighted by molar-refractivity contribution is 8.00. The molecule has 12 heteroatoms. The summed E-state index contributed by atoms with van der Waals surface area (Å²) in [6.07, 6.45) is 0.434. The van der Waals surface area contributed by atoms with Crippen LogP contribution < -0.4 is 11.0 Å². The lowest BCUT2D eigenvalue weighted by molar-refractivity contribution is -0.114. The number of aromatic nitrogens is 2. The summed E-state index contributed by atoms with van der Waals surface area (Å²) >= 11 is 1.13. The van der Waals surface area contributed by atoms with E-state index in [1.807, 2.05) is 0 Å². The van der Waals surface area contributed by atoms with Crippen LogP contribution in [0.15, 0.2) is 52.5 Å². The van der Waals surface area contributed by atoms with Gasteiger partial charge in [-0.05, 0) is 23.7 Å². The number of benzene rings is 1. The average molecular weight is 430 g/mol. The lowest BCUT2D eigenvalue weighted by Gasteiger charge is -2.22. The van der Waals surface area contributed by atoms with Gasteiger partial charge in [-0.2, -0.15) is 4.98 Å². The maximum absolute atomic E-state index is 12.5. The Bertz CT molecular complexity index is 1040. The van der Waals surface area contributed by atoms with Crippen molar-refractivity contribution in [3.63, 3.8) is 0 Å². The largest absolute Gasteiger partial charge is 0.457 e. The monoisotopic (exact) mass is 430 g/mol. The Kier molecular flexibility index (Phi) is 6.72. The van der Waals surface area contributed by atoms with Crippen LogP contribution in [0.3, 0.4) is 0 Å². The highest BCUT2D eigenvalue weighted by Gasteiger charge is 2.47. The zero-order valence-corrected chi connectivity index (χ0v) is 16.6. The van der Waals surface area contributed by atoms with Gasteiger partial charge in [-0.15, -0.1) is 11.8 Å². The standard InChI is InChI=1S/C18H18N6O5S/c1-10(26)20-13-7-8-24(18(28)21-13)16-14(22-23-19)15(12(9-25)30-16)29-17(27)11-5-3-2-4-6-11/h2-8,12,14-16,25H,9H2,1H3,(H,20,21,26,28)/t12-,14-,15-,16-/m1/s1. The van der Waals surface area contributed by atoms with Crippen LogP contribution in [0.2, 0.25) is 0 Å². The molecule has 2 N–H and O–H groups in total. The third-order valence-corrected chi connectivity index (χ3v) is 5.89. The number of nitrogens with zero attached hydrogens (tertiary/aromatic N) is 5. The second-order valence-electron chi connectivity index (χ2n) is 6.36. The van der Waals surface area contributed by atoms with Gasteiger partial charge in [-0.3, -0.25) is 9.36 Å². The molecule has 2 aromatic rings. The van der Waals surface area contributed by atoms with Gasteiger partial charge in [0.05, 0.1) is 22.8 Å². The van der Waals surface area contributed by atoms with E-state index in [9.17, 15) is 19.5 Å². The first-order chi connectivity index (χ1) is 14.4. The lowest BCUT2D eigenvalue weighted by Crippen LogP contribution is -2.38. The Morgan fingerprint density at radius 2 is 2.10 bits per heavy atom. The van der Waals surface area contributed by atoms with Gasteiger partial charge in [0.25, 0.3) is 0 Å². The lowest BCUT2D eigenvalue weighted by atomic mass is 10.1. The molecule has 30 heavy (non-hydrogen) atoms. The molecule has 4 atom stereocenters. The maximum atomic E-state index is 12.5. The average Bonchev–Trinajstić information content (AvgIpc) is 3.05. The van der Waals surface area contributed by atoms with Crippen LogP contribution in [0.4, 0.5) is 5.82 Å². The number of hydrogen-bond donors (Lipinski definition) is 2. The second-order valence-corrected chi connectivity index (χ2v) is 7.72. The van der Waals surface area contributed by atoms with Crippen molar-refractivity contribution < 1.29 is 19.4 Å². The van der Waals surface area contributed by atoms with Crippen molar-refractivity contribution in [2.24, 2.45) is 5.11 Å². The fourth-order valence-electron chi connectivity index (χ4n) is 3.05. The Morgan fingerprint density at radius 1 is 1.37 bits per heavy atom. The molecule has 0 spiro atoms. The van der Waals surface area contributed by atoms with Crippen molar-refractivity contribution in [2.75, 3.05) is 11.9 Å². The molecule has 11 nitrogen and oxygen atoms in total. The van der Waals surface area contributed by atoms with Gasteiger partial charge in [0.1, 0.15) is 18.0 Å². The smallest absolute Gasteiger partial charge is 0.350 e. The van der Waals surface area contributed by atoms with E-state index in [2.05, 4.69) is 20.3 Å². The van der Waals surface area contributed by atoms with Gasteiger partial charge in [-0.25, -0.2) is 9.59 Å². The number of anilines is 1. The topological polar surface area (TPSA) is 159 Å². The summed E-state index contributed by atoms with van der Waals surface area (Å²) < 4.78 is 6.77. The van der Waals surface area contributed by atoms with Crippen LogP contribution >= 0.6 is 11.8 Å². The molecule has 0 radical (unpaired) electrons. The number of azide groups is 1. The third-order valence-electron chi connectivity index (χ3n) is 4.34. The van der Waals surface area contributed by atoms with E-state index in [1.165, 1.54) is 23.8 Å². The van der Waals surface area contributed by atoms with E-state index in [0.717, 1.165) is 11.8 Å². The molecule has 1 fully saturated rings. The summed E-state index contributed by atoms with van der Waals surface area (Å²) in [5.41, 5.74) is 8.64. The molecular weight excluding hydrogens is 412 g/mol. The van der Waals surface area contributed by atoms with Crippen molar-refractivity contribution >= 4 is 29.5 Å². The Morgan fingerprint density at radius 3 is 2.70 bits per heavy atom. The van der Waals surface area contributed by atoms with Gasteiger partial charge in [0, 0.05) is 18.0 Å². The van der Waals surface area contributed by atoms with E-state index in [1.54, 1.807) is 30.3 Å². The van der Waals surface area contributed by atoms with E-state index < -0.39 is 34.4 Å². The molecule has 156 valence electrons. The number of rotatable bonds is 6. The highest BCUT2D eigenvalue weighted by Crippen LogP contribution is 2.44. The van der Waals surface area contributed by atoms with Crippen molar-refractivity contribution in [1.82, 2.24) is 9.55 Å². The molecular formula is C18H18N6O5S. The number of carbonyl (C=O) groups is 2. The molecule has 2 heterocycles. The number of hydrogen-bond acceptors (Lipinski definition) is 8. The minimum Gasteiger partial charge on any atom is -0.457 e. The number of carbonyl (C=O) groups excluding carboxylic acids is 2. The Hall–Kier alpha value is -3.34. The number of nitrogens with one attached hydrogen (secondary N) is 1. The molecule has 0 unspecified atom stereocenters. The third kappa shape index (κ3) is 4.62. The van der Waals surface area contributed by atoms with Crippen molar-refractivity contribution in [3.8, 4) is 0 Å². The van der Waals surface area contributed by atoms with Gasteiger partial charge in [-0.1, -0.05) is 23.3 Å². The SMILES string of the molecule is CC(=O)Nc1ccn([C@@H]2S[C@H](CO)[C@@H](OC(=O)c3ccccc3)[C@H]2N=[N+]=[N-])c(=O)n1. The number of aliphatic hydroxyl groups excluding tert-OH is 1. The number of amides is 1. The van der Waals surface area contributed by atoms with Gasteiger partial charge >= 0.3 is 11.7 Å². The van der Waals surface area contributed by atoms with Crippen LogP contribution in [0, 0.1) is 0 Å². The predicted octanol–water partition coefficient (Wildman–Crippen LogP) is 1.71. The van der Waals surface area contributed by atoms with Gasteiger partial charge in [0.15, 0.2) is 0 Å². The molecule has 1 aliphatic heterocycles. The quantitative estimate of drug-likeness (QED) is 0.305. The number of esters is 1. The number of thioether (sulfide) groups is 1. The van der Waals surface area contributed by atoms with Gasteiger partial charge in [0.2, 0.25) is 5.91 Å². The summed E-state index contributed by atoms with van der Waals surface area (Å²) in [5.74, 6) is -0.933. The van der Waals surface area contributed by atoms with Crippen molar-refractivity contribution in [2.45, 2.75) is 29.7 Å². The van der Waals surface area contributed by atoms with Crippen molar-refractivity contribution in [1.29, 1.82) is 0 Å². The molecule has 1 aromatic heterocycles. The zero-order valence-electron chi connectivity index (χ0n) is 15.8. The van der Waals surface area contributed by atoms with Crippen LogP contribution in [-0.2, 0) is 9.53 Å². The molecule has 1 aliphatic rings. The molecule has 0 bridgehead atoms. The van der Waals surface area contributed by atoms with E-state index >= 15 is 0 Å². The summed E-state index contributed by atoms with van der Waals surface area (Å²) in [7, 11) is 0. The molecule has 1 amide bonds. The van der Waals surface area contributed by atoms with Crippen LogP contribution in [-0.4, -0.2) is 50.5 Å². The Balaban J connectivity index is 1.91. The fraction of sp³-hybridized carbons (Fsp3) is 0.333. The first kappa shape index (κ1) is 21.4. The molecule has 0 saturated carbocycles. The van der Waals surface area contributed by atoms with E-state index in [0.29, 0.717) is 5.56 Å². The van der Waals surface area contributed by atoms with Gasteiger partial charge < -0.3 is 15.2 Å². The summed E-state index contributed by atoms with van der Waals surface area (Å²) in [6, 6.07) is 8.73. The first-order valence-electron chi connectivity index (χ1n) is 8.88. The molecule has 1 saturated heterocycles. The number of ether oxygens (including phenoxy) is 1. The van der Waals surface area contributed by atoms with E-state index in [4.69, 9.17) is 10.3 Å². The molecule has 0 aliphatic carbocycles. The minimum absolute atomic E-state index is 0.0813. The first-order valence-corrected chi connectivity index (χ1v) is 9.82. The normalized spacial score (nSPS) is 22.7. The maximum Gasteiger partial charge on any atom is 0.350 e.